The van der Waals surface area contributed by atoms with Gasteiger partial charge in [0.05, 0.1) is 0 Å². The fourth-order valence-corrected chi connectivity index (χ4v) is 3.12. The molecule has 0 aliphatic carbocycles. The summed E-state index contributed by atoms with van der Waals surface area (Å²) in [5.41, 5.74) is 3.50. The highest BCUT2D eigenvalue weighted by Crippen LogP contribution is 2.23. The molecule has 3 rings (SSSR count). The van der Waals surface area contributed by atoms with Crippen LogP contribution in [-0.4, -0.2) is 12.5 Å². The van der Waals surface area contributed by atoms with Gasteiger partial charge >= 0.3 is 0 Å². The number of ether oxygens (including phenoxy) is 1. The zero-order chi connectivity index (χ0) is 21.3. The van der Waals surface area contributed by atoms with Crippen LogP contribution in [0.3, 0.4) is 0 Å². The van der Waals surface area contributed by atoms with Gasteiger partial charge in [0, 0.05) is 40.5 Å². The van der Waals surface area contributed by atoms with Crippen LogP contribution in [0, 0.1) is 5.92 Å². The van der Waals surface area contributed by atoms with Gasteiger partial charge in [-0.15, -0.1) is 0 Å². The van der Waals surface area contributed by atoms with Gasteiger partial charge < -0.3 is 15.4 Å². The Morgan fingerprint density at radius 1 is 0.967 bits per heavy atom. The topological polar surface area (TPSA) is 50.4 Å². The zero-order valence-electron chi connectivity index (χ0n) is 17.3. The number of nitrogens with one attached hydrogen (secondary N) is 2. The minimum absolute atomic E-state index is 0.0594. The lowest BCUT2D eigenvalue weighted by Gasteiger charge is -2.14. The number of hydrogen-bond donors (Lipinski definition) is 2. The fraction of sp³-hybridized carbons (Fsp3) is 0.240. The van der Waals surface area contributed by atoms with E-state index in [1.165, 1.54) is 0 Å². The number of anilines is 1. The first-order valence-electron chi connectivity index (χ1n) is 10.1. The van der Waals surface area contributed by atoms with Crippen molar-refractivity contribution in [3.05, 3.63) is 94.5 Å². The van der Waals surface area contributed by atoms with Gasteiger partial charge in [-0.3, -0.25) is 4.79 Å². The van der Waals surface area contributed by atoms with Crippen molar-refractivity contribution in [1.29, 1.82) is 0 Å². The van der Waals surface area contributed by atoms with Crippen molar-refractivity contribution < 1.29 is 9.53 Å². The molecule has 5 heteroatoms. The Morgan fingerprint density at radius 3 is 2.47 bits per heavy atom. The number of benzene rings is 3. The second-order valence-electron chi connectivity index (χ2n) is 7.53. The maximum Gasteiger partial charge on any atom is 0.251 e. The van der Waals surface area contributed by atoms with E-state index in [4.69, 9.17) is 16.3 Å². The summed E-state index contributed by atoms with van der Waals surface area (Å²) in [6, 6.07) is 23.1. The quantitative estimate of drug-likeness (QED) is 0.450. The molecule has 0 saturated heterocycles. The summed E-state index contributed by atoms with van der Waals surface area (Å²) in [6.07, 6.45) is 0. The predicted molar refractivity (Wildman–Crippen MR) is 123 cm³/mol. The third kappa shape index (κ3) is 6.26. The van der Waals surface area contributed by atoms with Gasteiger partial charge in [0.25, 0.3) is 5.91 Å². The Labute approximate surface area is 183 Å². The maximum atomic E-state index is 12.3. The van der Waals surface area contributed by atoms with Crippen molar-refractivity contribution in [3.63, 3.8) is 0 Å². The molecule has 2 N–H and O–H groups in total. The van der Waals surface area contributed by atoms with Gasteiger partial charge in [-0.1, -0.05) is 67.9 Å². The average molecular weight is 423 g/mol. The van der Waals surface area contributed by atoms with Crippen LogP contribution in [0.1, 0.15) is 35.3 Å². The predicted octanol–water partition coefficient (Wildman–Crippen LogP) is 5.92. The van der Waals surface area contributed by atoms with Crippen molar-refractivity contribution in [2.75, 3.05) is 11.9 Å². The summed E-state index contributed by atoms with van der Waals surface area (Å²) in [5.74, 6) is 1.16. The summed E-state index contributed by atoms with van der Waals surface area (Å²) in [6.45, 7) is 5.79. The summed E-state index contributed by atoms with van der Waals surface area (Å²) in [7, 11) is 0. The summed E-state index contributed by atoms with van der Waals surface area (Å²) in [5, 5.41) is 7.03. The van der Waals surface area contributed by atoms with Crippen molar-refractivity contribution in [2.45, 2.75) is 27.0 Å². The van der Waals surface area contributed by atoms with Crippen LogP contribution in [0.2, 0.25) is 5.02 Å². The smallest absolute Gasteiger partial charge is 0.251 e. The van der Waals surface area contributed by atoms with Crippen molar-refractivity contribution in [2.24, 2.45) is 5.92 Å². The molecule has 30 heavy (non-hydrogen) atoms. The van der Waals surface area contributed by atoms with Crippen LogP contribution in [0.15, 0.2) is 72.8 Å². The van der Waals surface area contributed by atoms with E-state index in [1.54, 1.807) is 0 Å². The van der Waals surface area contributed by atoms with E-state index >= 15 is 0 Å². The zero-order valence-corrected chi connectivity index (χ0v) is 18.1. The van der Waals surface area contributed by atoms with E-state index in [9.17, 15) is 4.79 Å². The van der Waals surface area contributed by atoms with Crippen molar-refractivity contribution in [3.8, 4) is 5.75 Å². The number of hydrogen-bond acceptors (Lipinski definition) is 3. The minimum Gasteiger partial charge on any atom is -0.488 e. The average Bonchev–Trinajstić information content (AvgIpc) is 2.76. The largest absolute Gasteiger partial charge is 0.488 e. The number of rotatable bonds is 9. The van der Waals surface area contributed by atoms with Gasteiger partial charge in [-0.05, 0) is 36.2 Å². The standard InChI is InChI=1S/C25H27ClN2O2/c1-18(2)15-28-25(29)19-10-7-11-22(14-19)27-16-20-8-4-6-13-24(20)30-17-21-9-3-5-12-23(21)26/h3-14,18,27H,15-17H2,1-2H3,(H,28,29). The molecule has 3 aromatic carbocycles. The highest BCUT2D eigenvalue weighted by Gasteiger charge is 2.08. The number of para-hydroxylation sites is 1. The lowest BCUT2D eigenvalue weighted by atomic mass is 10.1. The number of halogens is 1. The van der Waals surface area contributed by atoms with Crippen molar-refractivity contribution in [1.82, 2.24) is 5.32 Å². The second kappa shape index (κ2) is 10.7. The Kier molecular flexibility index (Phi) is 7.75. The highest BCUT2D eigenvalue weighted by atomic mass is 35.5. The van der Waals surface area contributed by atoms with Crippen LogP contribution in [0.5, 0.6) is 5.75 Å². The molecular weight excluding hydrogens is 396 g/mol. The number of carbonyl (C=O) groups excluding carboxylic acids is 1. The van der Waals surface area contributed by atoms with E-state index in [0.717, 1.165) is 22.6 Å². The molecule has 0 radical (unpaired) electrons. The van der Waals surface area contributed by atoms with Gasteiger partial charge in [-0.2, -0.15) is 0 Å². The first-order valence-corrected chi connectivity index (χ1v) is 10.5. The van der Waals surface area contributed by atoms with Crippen LogP contribution < -0.4 is 15.4 Å². The molecule has 4 nitrogen and oxygen atoms in total. The molecule has 0 unspecified atom stereocenters. The molecular formula is C25H27ClN2O2. The molecule has 0 aliphatic rings. The lowest BCUT2D eigenvalue weighted by Crippen LogP contribution is -2.27. The van der Waals surface area contributed by atoms with E-state index < -0.39 is 0 Å². The maximum absolute atomic E-state index is 12.3. The summed E-state index contributed by atoms with van der Waals surface area (Å²) >= 11 is 6.23. The molecule has 1 amide bonds. The van der Waals surface area contributed by atoms with E-state index in [0.29, 0.717) is 36.2 Å². The lowest BCUT2D eigenvalue weighted by molar-refractivity contribution is 0.0949. The van der Waals surface area contributed by atoms with Crippen molar-refractivity contribution >= 4 is 23.2 Å². The Bertz CT molecular complexity index is 988. The van der Waals surface area contributed by atoms with Crippen LogP contribution >= 0.6 is 11.6 Å². The fourth-order valence-electron chi connectivity index (χ4n) is 2.93. The monoisotopic (exact) mass is 422 g/mol. The van der Waals surface area contributed by atoms with Gasteiger partial charge in [0.1, 0.15) is 12.4 Å². The molecule has 0 saturated carbocycles. The van der Waals surface area contributed by atoms with Gasteiger partial charge in [0.15, 0.2) is 0 Å². The number of amides is 1. The minimum atomic E-state index is -0.0594. The molecule has 156 valence electrons. The SMILES string of the molecule is CC(C)CNC(=O)c1cccc(NCc2ccccc2OCc2ccccc2Cl)c1. The first kappa shape index (κ1) is 21.7. The van der Waals surface area contributed by atoms with Crippen LogP contribution in [-0.2, 0) is 13.2 Å². The molecule has 0 aromatic heterocycles. The normalized spacial score (nSPS) is 10.7. The van der Waals surface area contributed by atoms with Crippen LogP contribution in [0.4, 0.5) is 5.69 Å². The highest BCUT2D eigenvalue weighted by molar-refractivity contribution is 6.31. The molecule has 0 fully saturated rings. The molecule has 0 atom stereocenters. The first-order chi connectivity index (χ1) is 14.5. The molecule has 0 spiro atoms. The molecule has 3 aromatic rings. The molecule has 0 bridgehead atoms. The Balaban J connectivity index is 1.63. The second-order valence-corrected chi connectivity index (χ2v) is 7.93. The van der Waals surface area contributed by atoms with Gasteiger partial charge in [-0.25, -0.2) is 0 Å². The van der Waals surface area contributed by atoms with E-state index in [2.05, 4.69) is 24.5 Å². The summed E-state index contributed by atoms with van der Waals surface area (Å²) in [4.78, 5) is 12.3. The third-order valence-corrected chi connectivity index (χ3v) is 4.96. The van der Waals surface area contributed by atoms with E-state index in [-0.39, 0.29) is 5.91 Å². The van der Waals surface area contributed by atoms with E-state index in [1.807, 2.05) is 72.8 Å². The third-order valence-electron chi connectivity index (χ3n) is 4.59. The van der Waals surface area contributed by atoms with Crippen LogP contribution in [0.25, 0.3) is 0 Å². The molecule has 0 heterocycles. The van der Waals surface area contributed by atoms with Gasteiger partial charge in [0.2, 0.25) is 0 Å². The number of carbonyl (C=O) groups is 1. The molecule has 0 aliphatic heterocycles. The Morgan fingerprint density at radius 2 is 1.70 bits per heavy atom. The summed E-state index contributed by atoms with van der Waals surface area (Å²) < 4.78 is 6.02. The Hall–Kier alpha value is -2.98.